The number of para-hydroxylation sites is 4. The summed E-state index contributed by atoms with van der Waals surface area (Å²) in [5, 5.41) is 27.6. The maximum atomic E-state index is 10.5. The van der Waals surface area contributed by atoms with E-state index in [1.807, 2.05) is 72.8 Å². The molecule has 4 aromatic heterocycles. The zero-order valence-corrected chi connectivity index (χ0v) is 39.4. The van der Waals surface area contributed by atoms with Gasteiger partial charge in [0, 0.05) is 71.4 Å². The van der Waals surface area contributed by atoms with Crippen LogP contribution in [0.15, 0.2) is 212 Å². The largest absolute Gasteiger partial charge is 0.310 e. The van der Waals surface area contributed by atoms with Gasteiger partial charge in [-0.1, -0.05) is 133 Å². The van der Waals surface area contributed by atoms with Gasteiger partial charge in [0.1, 0.15) is 0 Å². The molecule has 74 heavy (non-hydrogen) atoms. The molecule has 16 rings (SSSR count). The standard InChI is InChI=1S/C65H35BN8/c67-36-38-29-49-45-20-8-12-24-54(45)73-58-34-43(35-59-60(58)66(51(31-38)61(49)73)52-32-39(37-68)30-50-46-21-9-13-25-55(46)74(59)62(50)52)42-27-28-57-48(33-42)44-19-7-11-23-53(44)72(57)56-26-14-10-22-47(56)65-70-63(40-15-3-1-4-16-40)69-64(71-65)41-17-5-2-6-18-41/h1-35H. The normalized spacial score (nSPS) is 12.3. The quantitative estimate of drug-likeness (QED) is 0.160. The fraction of sp³-hybridized carbons (Fsp3) is 0. The Kier molecular flexibility index (Phi) is 8.23. The van der Waals surface area contributed by atoms with Crippen molar-refractivity contribution in [2.75, 3.05) is 0 Å². The van der Waals surface area contributed by atoms with Crippen LogP contribution in [0.1, 0.15) is 11.1 Å². The highest BCUT2D eigenvalue weighted by atomic mass is 15.1. The van der Waals surface area contributed by atoms with E-state index in [2.05, 4.69) is 165 Å². The monoisotopic (exact) mass is 938 g/mol. The molecule has 0 saturated heterocycles. The molecule has 0 fully saturated rings. The lowest BCUT2D eigenvalue weighted by Gasteiger charge is -2.34. The van der Waals surface area contributed by atoms with Crippen molar-refractivity contribution in [3.63, 3.8) is 0 Å². The van der Waals surface area contributed by atoms with E-state index in [1.54, 1.807) is 0 Å². The average molecular weight is 939 g/mol. The highest BCUT2D eigenvalue weighted by molar-refractivity contribution is 7.00. The van der Waals surface area contributed by atoms with Crippen molar-refractivity contribution < 1.29 is 0 Å². The molecule has 6 heterocycles. The van der Waals surface area contributed by atoms with Crippen LogP contribution in [0.2, 0.25) is 0 Å². The number of aromatic nitrogens is 6. The SMILES string of the molecule is N#Cc1cc2c3c(c1)c1ccccc1n3-c1cc(-c3ccc4c(c3)c3ccccc3n4-c3ccccc3-c3nc(-c4ccccc4)nc(-c4ccccc4)n3)cc3c1B2c1cc(C#N)cc2c4ccccc4n-3c12. The molecule has 8 nitrogen and oxygen atoms in total. The van der Waals surface area contributed by atoms with Crippen molar-refractivity contribution >= 4 is 88.5 Å². The van der Waals surface area contributed by atoms with Gasteiger partial charge in [-0.3, -0.25) is 0 Å². The molecule has 0 bridgehead atoms. The second kappa shape index (κ2) is 15.1. The number of rotatable bonds is 5. The van der Waals surface area contributed by atoms with E-state index in [0.29, 0.717) is 28.6 Å². The maximum absolute atomic E-state index is 10.5. The predicted octanol–water partition coefficient (Wildman–Crippen LogP) is 12.7. The van der Waals surface area contributed by atoms with E-state index in [1.165, 1.54) is 0 Å². The Morgan fingerprint density at radius 3 is 1.35 bits per heavy atom. The zero-order valence-electron chi connectivity index (χ0n) is 39.4. The van der Waals surface area contributed by atoms with Gasteiger partial charge in [-0.25, -0.2) is 15.0 Å². The Morgan fingerprint density at radius 1 is 0.338 bits per heavy atom. The molecule has 2 aliphatic heterocycles. The third-order valence-corrected chi connectivity index (χ3v) is 15.5. The summed E-state index contributed by atoms with van der Waals surface area (Å²) in [6.45, 7) is -0.230. The number of nitrogens with zero attached hydrogens (tertiary/aromatic N) is 8. The van der Waals surface area contributed by atoms with Crippen molar-refractivity contribution in [3.05, 3.63) is 223 Å². The Bertz CT molecular complexity index is 4660. The van der Waals surface area contributed by atoms with Gasteiger partial charge in [0.25, 0.3) is 6.71 Å². The van der Waals surface area contributed by atoms with Crippen molar-refractivity contribution in [3.8, 4) is 74.5 Å². The van der Waals surface area contributed by atoms with Crippen LogP contribution in [-0.2, 0) is 0 Å². The minimum Gasteiger partial charge on any atom is -0.310 e. The van der Waals surface area contributed by atoms with Gasteiger partial charge in [-0.05, 0) is 106 Å². The number of fused-ring (bicyclic) bond motifs is 13. The van der Waals surface area contributed by atoms with Gasteiger partial charge in [0.2, 0.25) is 0 Å². The van der Waals surface area contributed by atoms with E-state index in [4.69, 9.17) is 15.0 Å². The number of hydrogen-bond donors (Lipinski definition) is 0. The lowest BCUT2D eigenvalue weighted by molar-refractivity contribution is 1.06. The van der Waals surface area contributed by atoms with Crippen LogP contribution >= 0.6 is 0 Å². The summed E-state index contributed by atoms with van der Waals surface area (Å²) >= 11 is 0. The molecule has 0 saturated carbocycles. The second-order valence-corrected chi connectivity index (χ2v) is 19.4. The van der Waals surface area contributed by atoms with Crippen molar-refractivity contribution in [1.82, 2.24) is 28.7 Å². The van der Waals surface area contributed by atoms with E-state index < -0.39 is 0 Å². The van der Waals surface area contributed by atoms with Crippen LogP contribution in [0.25, 0.3) is 128 Å². The third-order valence-electron chi connectivity index (χ3n) is 15.5. The van der Waals surface area contributed by atoms with Crippen LogP contribution in [0.4, 0.5) is 0 Å². The highest BCUT2D eigenvalue weighted by Crippen LogP contribution is 2.43. The van der Waals surface area contributed by atoms with Crippen LogP contribution in [0.3, 0.4) is 0 Å². The van der Waals surface area contributed by atoms with Gasteiger partial charge in [-0.15, -0.1) is 0 Å². The Labute approximate surface area is 423 Å². The van der Waals surface area contributed by atoms with Crippen molar-refractivity contribution in [2.45, 2.75) is 0 Å². The Hall–Kier alpha value is -10.3. The third kappa shape index (κ3) is 5.52. The van der Waals surface area contributed by atoms with Gasteiger partial charge < -0.3 is 13.7 Å². The molecular formula is C65H35BN8. The Morgan fingerprint density at radius 2 is 0.797 bits per heavy atom. The number of hydrogen-bond acceptors (Lipinski definition) is 5. The first-order valence-corrected chi connectivity index (χ1v) is 24.8. The molecule has 0 atom stereocenters. The molecule has 0 amide bonds. The van der Waals surface area contributed by atoms with Gasteiger partial charge in [-0.2, -0.15) is 10.5 Å². The topological polar surface area (TPSA) is 101 Å². The number of nitriles is 2. The van der Waals surface area contributed by atoms with Crippen LogP contribution in [0, 0.1) is 22.7 Å². The lowest BCUT2D eigenvalue weighted by atomic mass is 9.34. The van der Waals surface area contributed by atoms with Crippen LogP contribution in [-0.4, -0.2) is 35.4 Å². The lowest BCUT2D eigenvalue weighted by Crippen LogP contribution is -2.59. The first kappa shape index (κ1) is 40.4. The Balaban J connectivity index is 0.955. The van der Waals surface area contributed by atoms with Gasteiger partial charge in [0.15, 0.2) is 17.5 Å². The first-order chi connectivity index (χ1) is 36.6. The minimum atomic E-state index is -0.230. The molecule has 10 aromatic carbocycles. The van der Waals surface area contributed by atoms with Gasteiger partial charge in [0.05, 0.1) is 51.0 Å². The molecule has 2 aliphatic rings. The molecular weight excluding hydrogens is 904 g/mol. The fourth-order valence-corrected chi connectivity index (χ4v) is 12.5. The first-order valence-electron chi connectivity index (χ1n) is 24.8. The molecule has 0 unspecified atom stereocenters. The predicted molar refractivity (Wildman–Crippen MR) is 299 cm³/mol. The van der Waals surface area contributed by atoms with Crippen molar-refractivity contribution in [1.29, 1.82) is 10.5 Å². The fourth-order valence-electron chi connectivity index (χ4n) is 12.5. The van der Waals surface area contributed by atoms with E-state index in [9.17, 15) is 10.5 Å². The highest BCUT2D eigenvalue weighted by Gasteiger charge is 2.42. The van der Waals surface area contributed by atoms with Crippen LogP contribution in [0.5, 0.6) is 0 Å². The summed E-state index contributed by atoms with van der Waals surface area (Å²) in [7, 11) is 0. The molecule has 14 aromatic rings. The van der Waals surface area contributed by atoms with E-state index in [-0.39, 0.29) is 6.71 Å². The summed E-state index contributed by atoms with van der Waals surface area (Å²) in [5.41, 5.74) is 19.0. The number of benzene rings is 10. The summed E-state index contributed by atoms with van der Waals surface area (Å²) in [6, 6.07) is 79.2. The summed E-state index contributed by atoms with van der Waals surface area (Å²) in [6.07, 6.45) is 0. The average Bonchev–Trinajstić information content (AvgIpc) is 4.18. The molecule has 0 radical (unpaired) electrons. The summed E-state index contributed by atoms with van der Waals surface area (Å²) < 4.78 is 7.21. The van der Waals surface area contributed by atoms with E-state index in [0.717, 1.165) is 127 Å². The molecule has 338 valence electrons. The smallest absolute Gasteiger partial charge is 0.252 e. The van der Waals surface area contributed by atoms with E-state index >= 15 is 0 Å². The molecule has 0 aliphatic carbocycles. The summed E-state index contributed by atoms with van der Waals surface area (Å²) in [4.78, 5) is 15.4. The second-order valence-electron chi connectivity index (χ2n) is 19.4. The van der Waals surface area contributed by atoms with Gasteiger partial charge >= 0.3 is 0 Å². The molecule has 9 heteroatoms. The zero-order chi connectivity index (χ0) is 48.8. The minimum absolute atomic E-state index is 0.230. The maximum Gasteiger partial charge on any atom is 0.252 e. The van der Waals surface area contributed by atoms with Crippen LogP contribution < -0.4 is 16.4 Å². The molecule has 0 N–H and O–H groups in total. The summed E-state index contributed by atoms with van der Waals surface area (Å²) in [5.74, 6) is 1.81. The van der Waals surface area contributed by atoms with Crippen molar-refractivity contribution in [2.24, 2.45) is 0 Å². The molecule has 0 spiro atoms.